The topological polar surface area (TPSA) is 75.4 Å². The molecule has 5 nitrogen and oxygen atoms in total. The molecule has 1 aromatic carbocycles. The Kier molecular flexibility index (Phi) is 7.24. The van der Waals surface area contributed by atoms with E-state index >= 15 is 0 Å². The van der Waals surface area contributed by atoms with Gasteiger partial charge in [0.25, 0.3) is 0 Å². The molecule has 0 unspecified atom stereocenters. The van der Waals surface area contributed by atoms with Crippen molar-refractivity contribution in [3.8, 4) is 0 Å². The van der Waals surface area contributed by atoms with Crippen LogP contribution in [0.3, 0.4) is 0 Å². The van der Waals surface area contributed by atoms with E-state index in [2.05, 4.69) is 23.5 Å². The van der Waals surface area contributed by atoms with E-state index < -0.39 is 10.0 Å². The molecular weight excluding hydrogens is 306 g/mol. The van der Waals surface area contributed by atoms with Crippen LogP contribution in [0.25, 0.3) is 0 Å². The van der Waals surface area contributed by atoms with Gasteiger partial charge in [0.15, 0.2) is 0 Å². The Hall–Kier alpha value is -1.02. The quantitative estimate of drug-likeness (QED) is 0.669. The summed E-state index contributed by atoms with van der Waals surface area (Å²) in [6.07, 6.45) is 1.05. The fourth-order valence-corrected chi connectivity index (χ4v) is 3.55. The largest absolute Gasteiger partial charge is 0.389 e. The standard InChI is InChI=1S/C14H23N3O2S2/c1-3-10-17(4-2)11-9-16-21(18,19)13-8-6-5-7-12(13)14(15)20/h5-8,16H,3-4,9-11H2,1-2H3,(H2,15,20). The zero-order valence-electron chi connectivity index (χ0n) is 12.5. The number of hydrogen-bond donors (Lipinski definition) is 2. The summed E-state index contributed by atoms with van der Waals surface area (Å²) in [5, 5.41) is 0. The predicted molar refractivity (Wildman–Crippen MR) is 89.9 cm³/mol. The van der Waals surface area contributed by atoms with E-state index in [0.29, 0.717) is 18.7 Å². The van der Waals surface area contributed by atoms with Gasteiger partial charge < -0.3 is 10.6 Å². The molecule has 0 spiro atoms. The molecule has 0 saturated heterocycles. The number of rotatable bonds is 9. The molecule has 0 aromatic heterocycles. The molecule has 0 amide bonds. The van der Waals surface area contributed by atoms with Crippen molar-refractivity contribution in [1.29, 1.82) is 0 Å². The number of nitrogens with two attached hydrogens (primary N) is 1. The smallest absolute Gasteiger partial charge is 0.241 e. The van der Waals surface area contributed by atoms with Gasteiger partial charge in [-0.3, -0.25) is 0 Å². The van der Waals surface area contributed by atoms with Crippen molar-refractivity contribution in [3.63, 3.8) is 0 Å². The number of benzene rings is 1. The molecule has 0 saturated carbocycles. The van der Waals surface area contributed by atoms with Crippen LogP contribution in [-0.4, -0.2) is 44.5 Å². The lowest BCUT2D eigenvalue weighted by atomic mass is 10.2. The lowest BCUT2D eigenvalue weighted by Crippen LogP contribution is -2.35. The van der Waals surface area contributed by atoms with Crippen molar-refractivity contribution in [3.05, 3.63) is 29.8 Å². The van der Waals surface area contributed by atoms with Gasteiger partial charge in [0, 0.05) is 18.7 Å². The molecule has 0 aliphatic heterocycles. The van der Waals surface area contributed by atoms with E-state index in [1.807, 2.05) is 0 Å². The highest BCUT2D eigenvalue weighted by atomic mass is 32.2. The van der Waals surface area contributed by atoms with Gasteiger partial charge in [-0.2, -0.15) is 0 Å². The van der Waals surface area contributed by atoms with Crippen LogP contribution in [0, 0.1) is 0 Å². The maximum absolute atomic E-state index is 12.3. The number of nitrogens with one attached hydrogen (secondary N) is 1. The van der Waals surface area contributed by atoms with Gasteiger partial charge in [-0.15, -0.1) is 0 Å². The Morgan fingerprint density at radius 1 is 1.29 bits per heavy atom. The van der Waals surface area contributed by atoms with Gasteiger partial charge in [0.1, 0.15) is 4.99 Å². The molecule has 7 heteroatoms. The fourth-order valence-electron chi connectivity index (χ4n) is 2.06. The minimum atomic E-state index is -3.60. The lowest BCUT2D eigenvalue weighted by Gasteiger charge is -2.19. The van der Waals surface area contributed by atoms with Crippen LogP contribution in [-0.2, 0) is 10.0 Å². The Morgan fingerprint density at radius 3 is 2.52 bits per heavy atom. The third kappa shape index (κ3) is 5.35. The average molecular weight is 329 g/mol. The SMILES string of the molecule is CCCN(CC)CCNS(=O)(=O)c1ccccc1C(N)=S. The highest BCUT2D eigenvalue weighted by molar-refractivity contribution is 7.89. The molecule has 21 heavy (non-hydrogen) atoms. The average Bonchev–Trinajstić information content (AvgIpc) is 2.46. The highest BCUT2D eigenvalue weighted by Crippen LogP contribution is 2.14. The summed E-state index contributed by atoms with van der Waals surface area (Å²) in [4.78, 5) is 2.41. The Labute approximate surface area is 132 Å². The molecule has 0 aliphatic rings. The zero-order chi connectivity index (χ0) is 15.9. The van der Waals surface area contributed by atoms with Crippen molar-refractivity contribution >= 4 is 27.2 Å². The highest BCUT2D eigenvalue weighted by Gasteiger charge is 2.19. The Morgan fingerprint density at radius 2 is 1.95 bits per heavy atom. The van der Waals surface area contributed by atoms with Crippen molar-refractivity contribution in [2.45, 2.75) is 25.2 Å². The molecule has 0 radical (unpaired) electrons. The van der Waals surface area contributed by atoms with Crippen molar-refractivity contribution < 1.29 is 8.42 Å². The first-order valence-electron chi connectivity index (χ1n) is 7.03. The summed E-state index contributed by atoms with van der Waals surface area (Å²) < 4.78 is 27.3. The number of sulfonamides is 1. The third-order valence-electron chi connectivity index (χ3n) is 3.15. The van der Waals surface area contributed by atoms with Crippen LogP contribution in [0.5, 0.6) is 0 Å². The second kappa shape index (κ2) is 8.43. The minimum absolute atomic E-state index is 0.0807. The molecule has 1 aromatic rings. The van der Waals surface area contributed by atoms with Crippen LogP contribution < -0.4 is 10.5 Å². The molecule has 0 heterocycles. The summed E-state index contributed by atoms with van der Waals surface area (Å²) in [5.41, 5.74) is 5.96. The van der Waals surface area contributed by atoms with Gasteiger partial charge in [0.2, 0.25) is 10.0 Å². The Bertz CT molecular complexity index is 573. The van der Waals surface area contributed by atoms with Crippen molar-refractivity contribution in [2.24, 2.45) is 5.73 Å². The fraction of sp³-hybridized carbons (Fsp3) is 0.500. The van der Waals surface area contributed by atoms with Gasteiger partial charge in [-0.05, 0) is 25.6 Å². The van der Waals surface area contributed by atoms with Crippen LogP contribution in [0.1, 0.15) is 25.8 Å². The van der Waals surface area contributed by atoms with Gasteiger partial charge in [-0.25, -0.2) is 13.1 Å². The van der Waals surface area contributed by atoms with E-state index in [1.165, 1.54) is 6.07 Å². The third-order valence-corrected chi connectivity index (χ3v) is 4.89. The van der Waals surface area contributed by atoms with E-state index in [-0.39, 0.29) is 9.88 Å². The van der Waals surface area contributed by atoms with Crippen LogP contribution in [0.15, 0.2) is 29.2 Å². The Balaban J connectivity index is 2.77. The molecular formula is C14H23N3O2S2. The molecule has 0 bridgehead atoms. The second-order valence-electron chi connectivity index (χ2n) is 4.69. The molecule has 0 aliphatic carbocycles. The minimum Gasteiger partial charge on any atom is -0.389 e. The molecule has 0 fully saturated rings. The van der Waals surface area contributed by atoms with Crippen LogP contribution >= 0.6 is 12.2 Å². The molecule has 118 valence electrons. The summed E-state index contributed by atoms with van der Waals surface area (Å²) in [5.74, 6) is 0. The van der Waals surface area contributed by atoms with Gasteiger partial charge in [0.05, 0.1) is 4.90 Å². The first-order chi connectivity index (χ1) is 9.92. The molecule has 1 rings (SSSR count). The normalized spacial score (nSPS) is 11.8. The maximum Gasteiger partial charge on any atom is 0.241 e. The second-order valence-corrected chi connectivity index (χ2v) is 6.87. The van der Waals surface area contributed by atoms with E-state index in [0.717, 1.165) is 19.5 Å². The summed E-state index contributed by atoms with van der Waals surface area (Å²) in [6.45, 7) is 7.07. The van der Waals surface area contributed by atoms with Crippen molar-refractivity contribution in [1.82, 2.24) is 9.62 Å². The van der Waals surface area contributed by atoms with E-state index in [9.17, 15) is 8.42 Å². The summed E-state index contributed by atoms with van der Waals surface area (Å²) >= 11 is 4.90. The van der Waals surface area contributed by atoms with E-state index in [1.54, 1.807) is 18.2 Å². The van der Waals surface area contributed by atoms with E-state index in [4.69, 9.17) is 18.0 Å². The number of hydrogen-bond acceptors (Lipinski definition) is 4. The van der Waals surface area contributed by atoms with Crippen LogP contribution in [0.2, 0.25) is 0 Å². The van der Waals surface area contributed by atoms with Crippen molar-refractivity contribution in [2.75, 3.05) is 26.2 Å². The number of likely N-dealkylation sites (N-methyl/N-ethyl adjacent to an activating group) is 1. The summed E-state index contributed by atoms with van der Waals surface area (Å²) in [7, 11) is -3.60. The first kappa shape index (κ1) is 18.0. The van der Waals surface area contributed by atoms with Gasteiger partial charge in [-0.1, -0.05) is 44.3 Å². The predicted octanol–water partition coefficient (Wildman–Crippen LogP) is 1.33. The van der Waals surface area contributed by atoms with Crippen LogP contribution in [0.4, 0.5) is 0 Å². The zero-order valence-corrected chi connectivity index (χ0v) is 14.1. The molecule has 3 N–H and O–H groups in total. The lowest BCUT2D eigenvalue weighted by molar-refractivity contribution is 0.293. The molecule has 0 atom stereocenters. The monoisotopic (exact) mass is 329 g/mol. The summed E-state index contributed by atoms with van der Waals surface area (Å²) in [6, 6.07) is 6.51. The number of nitrogens with zero attached hydrogens (tertiary/aromatic N) is 1. The maximum atomic E-state index is 12.3. The first-order valence-corrected chi connectivity index (χ1v) is 8.92. The van der Waals surface area contributed by atoms with Gasteiger partial charge >= 0.3 is 0 Å². The number of thiocarbonyl (C=S) groups is 1.